The molecule has 0 aromatic heterocycles. The van der Waals surface area contributed by atoms with Crippen LogP contribution in [0.25, 0.3) is 0 Å². The molecule has 2 aliphatic rings. The van der Waals surface area contributed by atoms with Crippen molar-refractivity contribution in [2.45, 2.75) is 77.7 Å². The van der Waals surface area contributed by atoms with Crippen molar-refractivity contribution < 1.29 is 42.7 Å². The molecule has 2 aliphatic heterocycles. The van der Waals surface area contributed by atoms with Crippen LogP contribution < -0.4 is 14.9 Å². The number of carbonyl (C=O) groups is 3. The second-order valence-corrected chi connectivity index (χ2v) is 13.6. The lowest BCUT2D eigenvalue weighted by atomic mass is 9.95. The van der Waals surface area contributed by atoms with E-state index in [0.717, 1.165) is 4.90 Å². The quantitative estimate of drug-likeness (QED) is 0.236. The zero-order valence-electron chi connectivity index (χ0n) is 23.9. The molecule has 0 bridgehead atoms. The average molecular weight is 612 g/mol. The third kappa shape index (κ3) is 8.37. The number of para-hydroxylation sites is 1. The lowest BCUT2D eigenvalue weighted by Crippen LogP contribution is -2.56. The topological polar surface area (TPSA) is 145 Å². The van der Waals surface area contributed by atoms with Crippen LogP contribution in [0.3, 0.4) is 0 Å². The van der Waals surface area contributed by atoms with Crippen LogP contribution in [0.5, 0.6) is 5.75 Å². The van der Waals surface area contributed by atoms with Gasteiger partial charge in [-0.25, -0.2) is 9.88 Å². The number of carbonyl (C=O) groups excluding carboxylic acids is 3. The molecule has 1 aromatic rings. The maximum atomic E-state index is 12.7. The van der Waals surface area contributed by atoms with Gasteiger partial charge in [-0.15, -0.1) is 0 Å². The van der Waals surface area contributed by atoms with Crippen molar-refractivity contribution in [3.8, 4) is 5.75 Å². The van der Waals surface area contributed by atoms with Crippen molar-refractivity contribution in [1.82, 2.24) is 15.3 Å². The van der Waals surface area contributed by atoms with Crippen LogP contribution in [0.4, 0.5) is 4.79 Å². The first kappa shape index (κ1) is 32.7. The number of amides is 2. The standard InChI is InChI=1S/C27H38N3O9PS/c1-16(2)23(31)38-22-21(37-25(27(22,7)34)30-14-13-18(5)28-26(30)33)15-35-40(41,39-20-11-9-8-10-12-20)29-19(6)24(32)36-17(3)4/h8-14,16-17,19,21-22,25,34H,5,15H2,1-4,6-7H3,(H,28,33)(H,29,41)/t19?,21-,22-,25-,27-,40?/m1/s1. The van der Waals surface area contributed by atoms with E-state index in [2.05, 4.69) is 17.0 Å². The summed E-state index contributed by atoms with van der Waals surface area (Å²) >= 11 is 5.77. The summed E-state index contributed by atoms with van der Waals surface area (Å²) in [6.07, 6.45) is -0.985. The smallest absolute Gasteiger partial charge is 0.328 e. The normalized spacial score (nSPS) is 26.5. The van der Waals surface area contributed by atoms with Gasteiger partial charge in [0.15, 0.2) is 12.3 Å². The van der Waals surface area contributed by atoms with Gasteiger partial charge in [-0.2, -0.15) is 0 Å². The summed E-state index contributed by atoms with van der Waals surface area (Å²) in [6.45, 7) is 9.61. The number of ether oxygens (including phenoxy) is 3. The van der Waals surface area contributed by atoms with Gasteiger partial charge in [0.25, 0.3) is 0 Å². The summed E-state index contributed by atoms with van der Waals surface area (Å²) in [6, 6.07) is 7.18. The highest BCUT2D eigenvalue weighted by Crippen LogP contribution is 2.47. The van der Waals surface area contributed by atoms with E-state index in [1.807, 2.05) is 0 Å². The van der Waals surface area contributed by atoms with Crippen LogP contribution in [0, 0.1) is 5.92 Å². The van der Waals surface area contributed by atoms with E-state index in [-0.39, 0.29) is 12.7 Å². The zero-order valence-corrected chi connectivity index (χ0v) is 25.6. The molecule has 3 rings (SSSR count). The van der Waals surface area contributed by atoms with Crippen LogP contribution in [-0.2, 0) is 40.1 Å². The number of allylic oxidation sites excluding steroid dienone is 1. The van der Waals surface area contributed by atoms with Gasteiger partial charge in [0.05, 0.1) is 18.6 Å². The predicted molar refractivity (Wildman–Crippen MR) is 154 cm³/mol. The van der Waals surface area contributed by atoms with E-state index in [1.165, 1.54) is 19.2 Å². The molecule has 2 heterocycles. The minimum absolute atomic E-state index is 0.322. The Morgan fingerprint density at radius 3 is 2.46 bits per heavy atom. The van der Waals surface area contributed by atoms with Gasteiger partial charge in [0.2, 0.25) is 0 Å². The summed E-state index contributed by atoms with van der Waals surface area (Å²) < 4.78 is 29.2. The fraction of sp³-hybridized carbons (Fsp3) is 0.519. The number of nitrogens with zero attached hydrogens (tertiary/aromatic N) is 1. The molecule has 1 aromatic carbocycles. The van der Waals surface area contributed by atoms with Crippen LogP contribution in [0.1, 0.15) is 41.5 Å². The van der Waals surface area contributed by atoms with Gasteiger partial charge >= 0.3 is 24.6 Å². The molecular formula is C27H38N3O9PS. The van der Waals surface area contributed by atoms with Crippen molar-refractivity contribution in [1.29, 1.82) is 0 Å². The van der Waals surface area contributed by atoms with Gasteiger partial charge in [0.1, 0.15) is 23.5 Å². The van der Waals surface area contributed by atoms with Gasteiger partial charge in [-0.3, -0.25) is 14.5 Å². The van der Waals surface area contributed by atoms with Crippen molar-refractivity contribution in [2.24, 2.45) is 5.92 Å². The van der Waals surface area contributed by atoms with Crippen LogP contribution in [-0.4, -0.2) is 70.8 Å². The molecule has 2 amide bonds. The largest absolute Gasteiger partial charge is 0.462 e. The fourth-order valence-corrected chi connectivity index (χ4v) is 6.41. The number of benzene rings is 1. The minimum atomic E-state index is -3.48. The van der Waals surface area contributed by atoms with Crippen molar-refractivity contribution in [3.05, 3.63) is 54.9 Å². The third-order valence-electron chi connectivity index (χ3n) is 6.06. The molecule has 14 heteroatoms. The Balaban J connectivity index is 1.89. The van der Waals surface area contributed by atoms with E-state index in [1.54, 1.807) is 65.0 Å². The van der Waals surface area contributed by atoms with Crippen molar-refractivity contribution in [3.63, 3.8) is 0 Å². The predicted octanol–water partition coefficient (Wildman–Crippen LogP) is 3.33. The molecule has 41 heavy (non-hydrogen) atoms. The van der Waals surface area contributed by atoms with Gasteiger partial charge in [-0.05, 0) is 57.7 Å². The molecule has 226 valence electrons. The number of hydrogen-bond acceptors (Lipinski definition) is 10. The van der Waals surface area contributed by atoms with Gasteiger partial charge in [-0.1, -0.05) is 38.6 Å². The van der Waals surface area contributed by atoms with Crippen LogP contribution >= 0.6 is 6.64 Å². The highest BCUT2D eigenvalue weighted by Gasteiger charge is 2.58. The number of nitrogens with one attached hydrogen (secondary N) is 2. The minimum Gasteiger partial charge on any atom is -0.462 e. The monoisotopic (exact) mass is 611 g/mol. The van der Waals surface area contributed by atoms with E-state index in [9.17, 15) is 19.5 Å². The first-order chi connectivity index (χ1) is 19.1. The Labute approximate surface area is 245 Å². The molecule has 2 unspecified atom stereocenters. The lowest BCUT2D eigenvalue weighted by molar-refractivity contribution is -0.167. The average Bonchev–Trinajstić information content (AvgIpc) is 3.12. The second-order valence-electron chi connectivity index (χ2n) is 10.5. The second kappa shape index (κ2) is 13.5. The molecule has 0 radical (unpaired) electrons. The molecule has 0 spiro atoms. The zero-order chi connectivity index (χ0) is 30.5. The number of hydrogen-bond donors (Lipinski definition) is 3. The highest BCUT2D eigenvalue weighted by molar-refractivity contribution is 8.09. The number of urea groups is 1. The number of aliphatic hydroxyl groups is 1. The molecule has 12 nitrogen and oxygen atoms in total. The van der Waals surface area contributed by atoms with E-state index in [4.69, 9.17) is 35.1 Å². The van der Waals surface area contributed by atoms with E-state index < -0.39 is 60.6 Å². The summed E-state index contributed by atoms with van der Waals surface area (Å²) in [7, 11) is 0. The number of rotatable bonds is 12. The summed E-state index contributed by atoms with van der Waals surface area (Å²) in [5, 5.41) is 17.0. The molecule has 0 aliphatic carbocycles. The molecule has 0 saturated carbocycles. The Bertz CT molecular complexity index is 1210. The maximum Gasteiger partial charge on any atom is 0.328 e. The summed E-state index contributed by atoms with van der Waals surface area (Å²) in [5.41, 5.74) is -1.50. The van der Waals surface area contributed by atoms with Gasteiger partial charge in [0, 0.05) is 11.9 Å². The molecule has 6 atom stereocenters. The van der Waals surface area contributed by atoms with Crippen LogP contribution in [0.15, 0.2) is 54.9 Å². The van der Waals surface area contributed by atoms with Crippen LogP contribution in [0.2, 0.25) is 0 Å². The van der Waals surface area contributed by atoms with Crippen molar-refractivity contribution in [2.75, 3.05) is 6.61 Å². The SMILES string of the molecule is C=C1C=CN([C@@H]2O[C@H](COP(=S)(NC(C)C(=O)OC(C)C)Oc3ccccc3)[C@@H](OC(=O)C(C)C)[C@@]2(C)O)C(=O)N1. The fourth-order valence-electron chi connectivity index (χ4n) is 3.99. The Hall–Kier alpha value is -2.80. The molecule has 1 fully saturated rings. The Morgan fingerprint density at radius 2 is 1.88 bits per heavy atom. The first-order valence-corrected chi connectivity index (χ1v) is 15.8. The molecular weight excluding hydrogens is 573 g/mol. The summed E-state index contributed by atoms with van der Waals surface area (Å²) in [4.78, 5) is 39.0. The van der Waals surface area contributed by atoms with Gasteiger partial charge < -0.3 is 33.7 Å². The third-order valence-corrected chi connectivity index (χ3v) is 8.56. The van der Waals surface area contributed by atoms with E-state index >= 15 is 0 Å². The Kier molecular flexibility index (Phi) is 10.7. The summed E-state index contributed by atoms with van der Waals surface area (Å²) in [5.74, 6) is -1.25. The molecule has 1 saturated heterocycles. The molecule has 3 N–H and O–H groups in total. The lowest BCUT2D eigenvalue weighted by Gasteiger charge is -2.36. The number of esters is 2. The van der Waals surface area contributed by atoms with E-state index in [0.29, 0.717) is 11.4 Å². The van der Waals surface area contributed by atoms with Crippen molar-refractivity contribution >= 4 is 36.4 Å². The maximum absolute atomic E-state index is 12.7. The first-order valence-electron chi connectivity index (χ1n) is 13.1. The highest BCUT2D eigenvalue weighted by atomic mass is 32.5. The Morgan fingerprint density at radius 1 is 1.22 bits per heavy atom.